The minimum Gasteiger partial charge on any atom is -0.459 e. The number of halogens is 1. The molecule has 0 spiro atoms. The number of nitrogens with zero attached hydrogens (tertiary/aromatic N) is 1. The van der Waals surface area contributed by atoms with E-state index in [0.717, 1.165) is 11.0 Å². The minimum atomic E-state index is -0.724. The molecule has 0 saturated carbocycles. The van der Waals surface area contributed by atoms with Gasteiger partial charge < -0.3 is 9.73 Å². The Kier molecular flexibility index (Phi) is 3.46. The Morgan fingerprint density at radius 2 is 2.00 bits per heavy atom. The Balaban J connectivity index is 1.65. The van der Waals surface area contributed by atoms with E-state index in [1.807, 2.05) is 0 Å². The van der Waals surface area contributed by atoms with Crippen molar-refractivity contribution in [3.05, 3.63) is 59.3 Å². The molecule has 112 valence electrons. The molecule has 0 unspecified atom stereocenters. The Labute approximate surface area is 124 Å². The molecule has 6 nitrogen and oxygen atoms in total. The fourth-order valence-electron chi connectivity index (χ4n) is 2.27. The van der Waals surface area contributed by atoms with Crippen molar-refractivity contribution in [2.75, 3.05) is 13.1 Å². The van der Waals surface area contributed by atoms with Crippen LogP contribution in [0.3, 0.4) is 0 Å². The van der Waals surface area contributed by atoms with Crippen LogP contribution in [0, 0.1) is 5.82 Å². The number of furan rings is 1. The number of amides is 3. The molecule has 1 aliphatic rings. The van der Waals surface area contributed by atoms with Gasteiger partial charge in [-0.05, 0) is 24.3 Å². The molecule has 0 aliphatic carbocycles. The lowest BCUT2D eigenvalue weighted by atomic mass is 10.1. The number of benzene rings is 1. The summed E-state index contributed by atoms with van der Waals surface area (Å²) in [4.78, 5) is 36.7. The van der Waals surface area contributed by atoms with Crippen molar-refractivity contribution >= 4 is 17.7 Å². The van der Waals surface area contributed by atoms with Crippen LogP contribution in [-0.4, -0.2) is 35.7 Å². The van der Waals surface area contributed by atoms with E-state index in [0.29, 0.717) is 0 Å². The zero-order chi connectivity index (χ0) is 15.7. The monoisotopic (exact) mass is 302 g/mol. The lowest BCUT2D eigenvalue weighted by Gasteiger charge is -2.13. The number of fused-ring (bicyclic) bond motifs is 1. The Hall–Kier alpha value is -2.96. The van der Waals surface area contributed by atoms with Crippen LogP contribution in [-0.2, 0) is 0 Å². The first kappa shape index (κ1) is 14.0. The molecule has 1 aromatic carbocycles. The normalized spacial score (nSPS) is 13.4. The summed E-state index contributed by atoms with van der Waals surface area (Å²) in [6.07, 6.45) is 1.36. The summed E-state index contributed by atoms with van der Waals surface area (Å²) >= 11 is 0. The van der Waals surface area contributed by atoms with Gasteiger partial charge in [-0.3, -0.25) is 19.3 Å². The predicted molar refractivity (Wildman–Crippen MR) is 72.8 cm³/mol. The summed E-state index contributed by atoms with van der Waals surface area (Å²) in [5.74, 6) is -2.30. The van der Waals surface area contributed by atoms with Gasteiger partial charge in [0.15, 0.2) is 5.76 Å². The highest BCUT2D eigenvalue weighted by Crippen LogP contribution is 2.24. The second-order valence-corrected chi connectivity index (χ2v) is 4.66. The second-order valence-electron chi connectivity index (χ2n) is 4.66. The second kappa shape index (κ2) is 5.44. The lowest BCUT2D eigenvalue weighted by Crippen LogP contribution is -2.38. The molecule has 0 bridgehead atoms. The fourth-order valence-corrected chi connectivity index (χ4v) is 2.27. The van der Waals surface area contributed by atoms with E-state index in [1.165, 1.54) is 24.5 Å². The van der Waals surface area contributed by atoms with E-state index in [9.17, 15) is 18.8 Å². The number of rotatable bonds is 4. The van der Waals surface area contributed by atoms with Gasteiger partial charge in [-0.25, -0.2) is 4.39 Å². The van der Waals surface area contributed by atoms with Crippen LogP contribution >= 0.6 is 0 Å². The molecule has 2 aromatic rings. The first-order valence-corrected chi connectivity index (χ1v) is 6.56. The minimum absolute atomic E-state index is 0.0434. The van der Waals surface area contributed by atoms with Gasteiger partial charge in [0.25, 0.3) is 17.7 Å². The molecule has 1 N–H and O–H groups in total. The molecule has 0 fully saturated rings. The maximum absolute atomic E-state index is 13.6. The highest BCUT2D eigenvalue weighted by atomic mass is 19.1. The van der Waals surface area contributed by atoms with Crippen molar-refractivity contribution in [1.82, 2.24) is 10.2 Å². The third-order valence-electron chi connectivity index (χ3n) is 3.31. The van der Waals surface area contributed by atoms with E-state index in [-0.39, 0.29) is 30.0 Å². The highest BCUT2D eigenvalue weighted by Gasteiger charge is 2.37. The summed E-state index contributed by atoms with van der Waals surface area (Å²) in [7, 11) is 0. The van der Waals surface area contributed by atoms with Crippen LogP contribution < -0.4 is 5.32 Å². The average molecular weight is 302 g/mol. The summed E-state index contributed by atoms with van der Waals surface area (Å²) in [5, 5.41) is 2.52. The molecule has 0 atom stereocenters. The molecule has 3 amide bonds. The standard InChI is InChI=1S/C15H11FN2O4/c16-10-4-1-3-9-12(10)15(21)18(14(9)20)7-6-17-13(19)11-5-2-8-22-11/h1-5,8H,6-7H2,(H,17,19). The largest absolute Gasteiger partial charge is 0.459 e. The molecule has 22 heavy (non-hydrogen) atoms. The third-order valence-corrected chi connectivity index (χ3v) is 3.31. The Bertz CT molecular complexity index is 755. The van der Waals surface area contributed by atoms with E-state index >= 15 is 0 Å². The first-order valence-electron chi connectivity index (χ1n) is 6.56. The van der Waals surface area contributed by atoms with Crippen LogP contribution in [0.25, 0.3) is 0 Å². The predicted octanol–water partition coefficient (Wildman–Crippen LogP) is 1.44. The van der Waals surface area contributed by atoms with Gasteiger partial charge in [0.1, 0.15) is 5.82 Å². The van der Waals surface area contributed by atoms with Crippen molar-refractivity contribution in [2.24, 2.45) is 0 Å². The zero-order valence-electron chi connectivity index (χ0n) is 11.3. The zero-order valence-corrected chi connectivity index (χ0v) is 11.3. The summed E-state index contributed by atoms with van der Waals surface area (Å²) in [5.41, 5.74) is -0.174. The van der Waals surface area contributed by atoms with Gasteiger partial charge in [-0.15, -0.1) is 0 Å². The van der Waals surface area contributed by atoms with E-state index in [4.69, 9.17) is 4.42 Å². The number of nitrogens with one attached hydrogen (secondary N) is 1. The number of imide groups is 1. The van der Waals surface area contributed by atoms with Gasteiger partial charge in [0, 0.05) is 13.1 Å². The Morgan fingerprint density at radius 3 is 2.68 bits per heavy atom. The average Bonchev–Trinajstić information content (AvgIpc) is 3.11. The number of hydrogen-bond acceptors (Lipinski definition) is 4. The van der Waals surface area contributed by atoms with E-state index in [1.54, 1.807) is 6.07 Å². The van der Waals surface area contributed by atoms with Gasteiger partial charge in [0.2, 0.25) is 0 Å². The molecule has 1 aromatic heterocycles. The van der Waals surface area contributed by atoms with Crippen LogP contribution in [0.15, 0.2) is 41.0 Å². The smallest absolute Gasteiger partial charge is 0.287 e. The molecule has 0 saturated heterocycles. The summed E-state index contributed by atoms with van der Waals surface area (Å²) in [6.45, 7) is 0.00482. The summed E-state index contributed by atoms with van der Waals surface area (Å²) < 4.78 is 18.6. The Morgan fingerprint density at radius 1 is 1.18 bits per heavy atom. The highest BCUT2D eigenvalue weighted by molar-refractivity contribution is 6.21. The van der Waals surface area contributed by atoms with Crippen LogP contribution in [0.2, 0.25) is 0 Å². The number of hydrogen-bond donors (Lipinski definition) is 1. The molecule has 3 rings (SSSR count). The van der Waals surface area contributed by atoms with Gasteiger partial charge >= 0.3 is 0 Å². The molecular weight excluding hydrogens is 291 g/mol. The summed E-state index contributed by atoms with van der Waals surface area (Å²) in [6, 6.07) is 6.97. The van der Waals surface area contributed by atoms with Gasteiger partial charge in [0.05, 0.1) is 17.4 Å². The van der Waals surface area contributed by atoms with Crippen molar-refractivity contribution in [1.29, 1.82) is 0 Å². The first-order chi connectivity index (χ1) is 10.6. The van der Waals surface area contributed by atoms with Crippen molar-refractivity contribution in [3.63, 3.8) is 0 Å². The molecule has 7 heteroatoms. The quantitative estimate of drug-likeness (QED) is 0.867. The molecular formula is C15H11FN2O4. The molecule has 2 heterocycles. The van der Waals surface area contributed by atoms with Crippen molar-refractivity contribution in [3.8, 4) is 0 Å². The topological polar surface area (TPSA) is 79.6 Å². The molecule has 1 aliphatic heterocycles. The third kappa shape index (κ3) is 2.26. The lowest BCUT2D eigenvalue weighted by molar-refractivity contribution is 0.0648. The van der Waals surface area contributed by atoms with Gasteiger partial charge in [-0.2, -0.15) is 0 Å². The molecule has 0 radical (unpaired) electrons. The van der Waals surface area contributed by atoms with Gasteiger partial charge in [-0.1, -0.05) is 6.07 Å². The van der Waals surface area contributed by atoms with Crippen LogP contribution in [0.4, 0.5) is 4.39 Å². The SMILES string of the molecule is O=C(NCCN1C(=O)c2cccc(F)c2C1=O)c1ccco1. The number of carbonyl (C=O) groups excluding carboxylic acids is 3. The maximum Gasteiger partial charge on any atom is 0.287 e. The van der Waals surface area contributed by atoms with Crippen molar-refractivity contribution < 1.29 is 23.2 Å². The van der Waals surface area contributed by atoms with Crippen LogP contribution in [0.1, 0.15) is 31.3 Å². The maximum atomic E-state index is 13.6. The van der Waals surface area contributed by atoms with E-state index in [2.05, 4.69) is 5.32 Å². The van der Waals surface area contributed by atoms with E-state index < -0.39 is 23.5 Å². The number of carbonyl (C=O) groups is 3. The fraction of sp³-hybridized carbons (Fsp3) is 0.133. The van der Waals surface area contributed by atoms with Crippen LogP contribution in [0.5, 0.6) is 0 Å². The van der Waals surface area contributed by atoms with Crippen molar-refractivity contribution in [2.45, 2.75) is 0 Å².